The van der Waals surface area contributed by atoms with Crippen LogP contribution in [0.2, 0.25) is 0 Å². The van der Waals surface area contributed by atoms with Crippen molar-refractivity contribution < 1.29 is 9.53 Å². The molecule has 0 radical (unpaired) electrons. The molecule has 1 fully saturated rings. The highest BCUT2D eigenvalue weighted by Gasteiger charge is 2.24. The molecular weight excluding hydrogens is 264 g/mol. The summed E-state index contributed by atoms with van der Waals surface area (Å²) in [4.78, 5) is 14.6. The molecule has 0 bridgehead atoms. The fourth-order valence-electron chi connectivity index (χ4n) is 3.40. The van der Waals surface area contributed by atoms with Crippen molar-refractivity contribution in [2.75, 3.05) is 19.7 Å². The van der Waals surface area contributed by atoms with E-state index in [0.29, 0.717) is 18.2 Å². The Morgan fingerprint density at radius 2 is 2.10 bits per heavy atom. The summed E-state index contributed by atoms with van der Waals surface area (Å²) >= 11 is 0. The zero-order chi connectivity index (χ0) is 14.8. The van der Waals surface area contributed by atoms with Gasteiger partial charge in [0.2, 0.25) is 0 Å². The first-order chi connectivity index (χ1) is 10.1. The molecule has 0 aromatic carbocycles. The van der Waals surface area contributed by atoms with E-state index in [0.717, 1.165) is 51.1 Å². The van der Waals surface area contributed by atoms with Crippen molar-refractivity contribution in [2.45, 2.75) is 58.2 Å². The molecule has 21 heavy (non-hydrogen) atoms. The maximum atomic E-state index is 12.1. The fraction of sp³-hybridized carbons (Fsp3) is 0.706. The maximum absolute atomic E-state index is 12.1. The number of hydrogen-bond acceptors (Lipinski definition) is 3. The minimum atomic E-state index is 0.229. The molecule has 1 aliphatic carbocycles. The number of ether oxygens (including phenoxy) is 1. The summed E-state index contributed by atoms with van der Waals surface area (Å²) in [5.74, 6) is 0.314. The Labute approximate surface area is 127 Å². The van der Waals surface area contributed by atoms with Gasteiger partial charge in [0.15, 0.2) is 5.78 Å². The van der Waals surface area contributed by atoms with Gasteiger partial charge >= 0.3 is 0 Å². The fourth-order valence-corrected chi connectivity index (χ4v) is 3.40. The molecular formula is C17H26N2O2. The van der Waals surface area contributed by atoms with Gasteiger partial charge in [-0.2, -0.15) is 0 Å². The Morgan fingerprint density at radius 1 is 1.29 bits per heavy atom. The van der Waals surface area contributed by atoms with Crippen molar-refractivity contribution in [1.29, 1.82) is 0 Å². The molecule has 0 saturated carbocycles. The van der Waals surface area contributed by atoms with Crippen molar-refractivity contribution in [3.63, 3.8) is 0 Å². The van der Waals surface area contributed by atoms with Gasteiger partial charge in [-0.3, -0.25) is 9.69 Å². The van der Waals surface area contributed by atoms with Crippen LogP contribution in [0, 0.1) is 0 Å². The summed E-state index contributed by atoms with van der Waals surface area (Å²) in [6.07, 6.45) is 8.34. The minimum Gasteiger partial charge on any atom is -0.374 e. The molecule has 2 aliphatic rings. The number of carbonyl (C=O) groups excluding carboxylic acids is 1. The normalized spacial score (nSPS) is 24.1. The molecule has 116 valence electrons. The molecule has 0 amide bonds. The summed E-state index contributed by atoms with van der Waals surface area (Å²) in [5, 5.41) is 0. The lowest BCUT2D eigenvalue weighted by Gasteiger charge is -2.35. The second kappa shape index (κ2) is 6.32. The maximum Gasteiger partial charge on any atom is 0.164 e. The standard InChI is InChI=1S/C17H26N2O2/c1-13(2)19-7-8-21-15(11-19)10-18-9-14-5-3-4-6-17(20)16(14)12-18/h9,12-13,15H,3-8,10-11H2,1-2H3. The van der Waals surface area contributed by atoms with Crippen LogP contribution in [0.3, 0.4) is 0 Å². The third kappa shape index (κ3) is 3.38. The van der Waals surface area contributed by atoms with E-state index in [1.165, 1.54) is 5.56 Å². The minimum absolute atomic E-state index is 0.229. The molecule has 1 aliphatic heterocycles. The van der Waals surface area contributed by atoms with E-state index >= 15 is 0 Å². The van der Waals surface area contributed by atoms with Crippen LogP contribution in [0.15, 0.2) is 12.4 Å². The van der Waals surface area contributed by atoms with Gasteiger partial charge in [-0.1, -0.05) is 0 Å². The van der Waals surface area contributed by atoms with Crippen LogP contribution >= 0.6 is 0 Å². The smallest absolute Gasteiger partial charge is 0.164 e. The van der Waals surface area contributed by atoms with Crippen LogP contribution < -0.4 is 0 Å². The summed E-state index contributed by atoms with van der Waals surface area (Å²) < 4.78 is 8.07. The van der Waals surface area contributed by atoms with Gasteiger partial charge in [-0.25, -0.2) is 0 Å². The van der Waals surface area contributed by atoms with E-state index in [1.807, 2.05) is 6.20 Å². The van der Waals surface area contributed by atoms with Gasteiger partial charge in [-0.05, 0) is 38.7 Å². The van der Waals surface area contributed by atoms with Gasteiger partial charge in [0.05, 0.1) is 12.7 Å². The predicted molar refractivity (Wildman–Crippen MR) is 82.8 cm³/mol. The molecule has 0 spiro atoms. The van der Waals surface area contributed by atoms with Gasteiger partial charge in [0.1, 0.15) is 0 Å². The Kier molecular flexibility index (Phi) is 4.45. The molecule has 3 rings (SSSR count). The van der Waals surface area contributed by atoms with Crippen molar-refractivity contribution >= 4 is 5.78 Å². The van der Waals surface area contributed by atoms with Crippen LogP contribution in [-0.2, 0) is 17.7 Å². The van der Waals surface area contributed by atoms with Crippen LogP contribution in [0.5, 0.6) is 0 Å². The summed E-state index contributed by atoms with van der Waals surface area (Å²) in [7, 11) is 0. The van der Waals surface area contributed by atoms with Crippen LogP contribution in [-0.4, -0.2) is 47.1 Å². The highest BCUT2D eigenvalue weighted by molar-refractivity contribution is 5.97. The van der Waals surface area contributed by atoms with E-state index in [4.69, 9.17) is 4.74 Å². The highest BCUT2D eigenvalue weighted by atomic mass is 16.5. The lowest BCUT2D eigenvalue weighted by molar-refractivity contribution is -0.0455. The van der Waals surface area contributed by atoms with E-state index in [9.17, 15) is 4.79 Å². The number of carbonyl (C=O) groups is 1. The number of Topliss-reactive ketones (excluding diaryl/α,β-unsaturated/α-hetero) is 1. The monoisotopic (exact) mass is 290 g/mol. The Balaban J connectivity index is 1.68. The topological polar surface area (TPSA) is 34.5 Å². The van der Waals surface area contributed by atoms with Crippen LogP contribution in [0.25, 0.3) is 0 Å². The van der Waals surface area contributed by atoms with Crippen molar-refractivity contribution in [3.8, 4) is 0 Å². The van der Waals surface area contributed by atoms with Gasteiger partial charge < -0.3 is 9.30 Å². The van der Waals surface area contributed by atoms with Crippen LogP contribution in [0.1, 0.15) is 49.0 Å². The lowest BCUT2D eigenvalue weighted by Crippen LogP contribution is -2.47. The average molecular weight is 290 g/mol. The average Bonchev–Trinajstić information content (AvgIpc) is 2.79. The number of aryl methyl sites for hydroxylation is 1. The Bertz CT molecular complexity index is 507. The number of morpholine rings is 1. The number of fused-ring (bicyclic) bond motifs is 1. The Morgan fingerprint density at radius 3 is 2.90 bits per heavy atom. The lowest BCUT2D eigenvalue weighted by atomic mass is 10.1. The number of aromatic nitrogens is 1. The number of hydrogen-bond donors (Lipinski definition) is 0. The predicted octanol–water partition coefficient (Wildman–Crippen LogP) is 2.51. The van der Waals surface area contributed by atoms with Gasteiger partial charge in [0, 0.05) is 50.1 Å². The van der Waals surface area contributed by atoms with Crippen molar-refractivity contribution in [2.24, 2.45) is 0 Å². The van der Waals surface area contributed by atoms with Crippen LogP contribution in [0.4, 0.5) is 0 Å². The summed E-state index contributed by atoms with van der Waals surface area (Å²) in [6.45, 7) is 8.13. The number of ketones is 1. The molecule has 4 heteroatoms. The third-order valence-corrected chi connectivity index (χ3v) is 4.68. The first-order valence-corrected chi connectivity index (χ1v) is 8.21. The summed E-state index contributed by atoms with van der Waals surface area (Å²) in [5.41, 5.74) is 2.18. The number of nitrogens with zero attached hydrogens (tertiary/aromatic N) is 2. The van der Waals surface area contributed by atoms with Gasteiger partial charge in [-0.15, -0.1) is 0 Å². The molecule has 0 N–H and O–H groups in total. The third-order valence-electron chi connectivity index (χ3n) is 4.68. The van der Waals surface area contributed by atoms with E-state index in [1.54, 1.807) is 0 Å². The SMILES string of the molecule is CC(C)N1CCOC(Cn2cc3c(c2)C(=O)CCCC3)C1. The quantitative estimate of drug-likeness (QED) is 0.802. The molecule has 1 saturated heterocycles. The second-order valence-corrected chi connectivity index (χ2v) is 6.61. The largest absolute Gasteiger partial charge is 0.374 e. The van der Waals surface area contributed by atoms with E-state index in [-0.39, 0.29) is 6.10 Å². The highest BCUT2D eigenvalue weighted by Crippen LogP contribution is 2.22. The summed E-state index contributed by atoms with van der Waals surface area (Å²) in [6, 6.07) is 0.569. The molecule has 1 aromatic rings. The van der Waals surface area contributed by atoms with E-state index in [2.05, 4.69) is 29.5 Å². The second-order valence-electron chi connectivity index (χ2n) is 6.61. The number of rotatable bonds is 3. The zero-order valence-electron chi connectivity index (χ0n) is 13.2. The van der Waals surface area contributed by atoms with E-state index < -0.39 is 0 Å². The Hall–Kier alpha value is -1.13. The molecule has 2 heterocycles. The molecule has 4 nitrogen and oxygen atoms in total. The van der Waals surface area contributed by atoms with Crippen molar-refractivity contribution in [3.05, 3.63) is 23.5 Å². The van der Waals surface area contributed by atoms with Gasteiger partial charge in [0.25, 0.3) is 0 Å². The molecule has 1 atom stereocenters. The van der Waals surface area contributed by atoms with Crippen molar-refractivity contribution in [1.82, 2.24) is 9.47 Å². The first-order valence-electron chi connectivity index (χ1n) is 8.21. The molecule has 1 aromatic heterocycles. The zero-order valence-corrected chi connectivity index (χ0v) is 13.2. The first kappa shape index (κ1) is 14.8. The molecule has 1 unspecified atom stereocenters.